The smallest absolute Gasteiger partial charge is 0.343 e. The van der Waals surface area contributed by atoms with E-state index in [-0.39, 0.29) is 0 Å². The van der Waals surface area contributed by atoms with Crippen LogP contribution in [0.5, 0.6) is 11.5 Å². The summed E-state index contributed by atoms with van der Waals surface area (Å²) in [7, 11) is 2.19. The summed E-state index contributed by atoms with van der Waals surface area (Å²) in [6.45, 7) is 6.12. The first kappa shape index (κ1) is 27.9. The van der Waals surface area contributed by atoms with Gasteiger partial charge < -0.3 is 28.8 Å². The Balaban J connectivity index is 1.62. The van der Waals surface area contributed by atoms with E-state index in [0.29, 0.717) is 54.0 Å². The van der Waals surface area contributed by atoms with E-state index in [2.05, 4.69) is 0 Å². The van der Waals surface area contributed by atoms with Crippen LogP contribution in [0.25, 0.3) is 0 Å². The molecule has 0 radical (unpaired) electrons. The highest BCUT2D eigenvalue weighted by Crippen LogP contribution is 2.39. The van der Waals surface area contributed by atoms with Crippen LogP contribution >= 0.6 is 42.4 Å². The highest BCUT2D eigenvalue weighted by molar-refractivity contribution is 8.76. The molecule has 2 rings (SSSR count). The molecule has 33 heavy (non-hydrogen) atoms. The monoisotopic (exact) mass is 529 g/mol. The highest BCUT2D eigenvalue weighted by atomic mass is 33.1. The number of carbonyl (C=O) groups excluding carboxylic acids is 1. The molecule has 0 aliphatic carbocycles. The Hall–Kier alpha value is -1.39. The number of esters is 1. The Morgan fingerprint density at radius 2 is 1.39 bits per heavy atom. The van der Waals surface area contributed by atoms with Gasteiger partial charge in [0.15, 0.2) is 0 Å². The van der Waals surface area contributed by atoms with Gasteiger partial charge in [-0.15, -0.1) is 0 Å². The van der Waals surface area contributed by atoms with Crippen LogP contribution in [0.4, 0.5) is 0 Å². The Kier molecular flexibility index (Phi) is 13.7. The standard InChI is InChI=1S/C22H28NO6PS3/c1-3-26-30(27-4-2)28-14-16-33-32-15-13-25-19-9-7-18(8-10-19)22(24)29-20-11-5-17(6-12-20)21(23)31/h5-12H,3-4,13-16H2,1-2H3,(H2,23,31). The van der Waals surface area contributed by atoms with Crippen molar-refractivity contribution in [2.75, 3.05) is 37.9 Å². The number of nitrogens with two attached hydrogens (primary N) is 1. The third-order valence-corrected chi connectivity index (χ3v) is 7.69. The quantitative estimate of drug-likeness (QED) is 0.0738. The van der Waals surface area contributed by atoms with Crippen LogP contribution < -0.4 is 15.2 Å². The predicted octanol–water partition coefficient (Wildman–Crippen LogP) is 5.62. The van der Waals surface area contributed by atoms with Gasteiger partial charge in [-0.3, -0.25) is 0 Å². The average Bonchev–Trinajstić information content (AvgIpc) is 2.81. The van der Waals surface area contributed by atoms with Crippen LogP contribution in [0.2, 0.25) is 0 Å². The van der Waals surface area contributed by atoms with Crippen molar-refractivity contribution in [3.8, 4) is 11.5 Å². The maximum absolute atomic E-state index is 12.3. The number of thiocarbonyl (C=S) groups is 1. The van der Waals surface area contributed by atoms with Gasteiger partial charge >= 0.3 is 14.6 Å². The van der Waals surface area contributed by atoms with Crippen molar-refractivity contribution >= 4 is 53.4 Å². The van der Waals surface area contributed by atoms with Gasteiger partial charge in [-0.2, -0.15) is 0 Å². The van der Waals surface area contributed by atoms with Crippen LogP contribution in [0.3, 0.4) is 0 Å². The second kappa shape index (κ2) is 16.3. The van der Waals surface area contributed by atoms with E-state index < -0.39 is 14.6 Å². The van der Waals surface area contributed by atoms with Gasteiger partial charge in [0.25, 0.3) is 0 Å². The number of rotatable bonds is 16. The summed E-state index contributed by atoms with van der Waals surface area (Å²) in [4.78, 5) is 12.6. The molecule has 0 aromatic heterocycles. The summed E-state index contributed by atoms with van der Waals surface area (Å²) in [6, 6.07) is 13.6. The fourth-order valence-electron chi connectivity index (χ4n) is 2.32. The van der Waals surface area contributed by atoms with Gasteiger partial charge in [-0.25, -0.2) is 4.79 Å². The number of hydrogen-bond donors (Lipinski definition) is 1. The fourth-order valence-corrected chi connectivity index (χ4v) is 5.12. The molecule has 0 unspecified atom stereocenters. The lowest BCUT2D eigenvalue weighted by Gasteiger charge is -2.14. The Morgan fingerprint density at radius 1 is 0.848 bits per heavy atom. The van der Waals surface area contributed by atoms with Gasteiger partial charge in [0.05, 0.1) is 32.0 Å². The third-order valence-electron chi connectivity index (χ3n) is 3.79. The lowest BCUT2D eigenvalue weighted by Crippen LogP contribution is -2.10. The molecule has 2 aromatic rings. The summed E-state index contributed by atoms with van der Waals surface area (Å²) >= 11 is 4.91. The first-order chi connectivity index (χ1) is 16.0. The first-order valence-corrected chi connectivity index (χ1v) is 14.3. The molecule has 0 saturated heterocycles. The van der Waals surface area contributed by atoms with Crippen molar-refractivity contribution in [2.24, 2.45) is 5.73 Å². The second-order valence-corrected chi connectivity index (χ2v) is 10.6. The van der Waals surface area contributed by atoms with E-state index in [1.165, 1.54) is 0 Å². The van der Waals surface area contributed by atoms with Crippen molar-refractivity contribution in [1.82, 2.24) is 0 Å². The van der Waals surface area contributed by atoms with Crippen molar-refractivity contribution in [2.45, 2.75) is 13.8 Å². The average molecular weight is 530 g/mol. The lowest BCUT2D eigenvalue weighted by molar-refractivity contribution is 0.0734. The van der Waals surface area contributed by atoms with Crippen molar-refractivity contribution in [3.05, 3.63) is 59.7 Å². The predicted molar refractivity (Wildman–Crippen MR) is 140 cm³/mol. The molecule has 0 fully saturated rings. The van der Waals surface area contributed by atoms with E-state index in [4.69, 9.17) is 41.0 Å². The summed E-state index contributed by atoms with van der Waals surface area (Å²) in [6.07, 6.45) is 0. The molecule has 0 aliphatic heterocycles. The molecule has 0 heterocycles. The highest BCUT2D eigenvalue weighted by Gasteiger charge is 2.11. The normalized spacial score (nSPS) is 10.9. The van der Waals surface area contributed by atoms with E-state index in [9.17, 15) is 4.79 Å². The summed E-state index contributed by atoms with van der Waals surface area (Å²) in [5, 5.41) is 0. The van der Waals surface area contributed by atoms with Crippen molar-refractivity contribution in [3.63, 3.8) is 0 Å². The zero-order valence-electron chi connectivity index (χ0n) is 18.6. The molecule has 0 atom stereocenters. The van der Waals surface area contributed by atoms with Crippen LogP contribution in [-0.4, -0.2) is 48.9 Å². The van der Waals surface area contributed by atoms with Gasteiger partial charge in [0, 0.05) is 17.1 Å². The van der Waals surface area contributed by atoms with Crippen LogP contribution in [0, 0.1) is 0 Å². The maximum Gasteiger partial charge on any atom is 0.343 e. The zero-order chi connectivity index (χ0) is 23.9. The zero-order valence-corrected chi connectivity index (χ0v) is 21.9. The van der Waals surface area contributed by atoms with E-state index in [1.807, 2.05) is 13.8 Å². The molecule has 0 amide bonds. The van der Waals surface area contributed by atoms with Crippen LogP contribution in [-0.2, 0) is 13.6 Å². The molecular formula is C22H28NO6PS3. The van der Waals surface area contributed by atoms with Crippen molar-refractivity contribution < 1.29 is 27.8 Å². The lowest BCUT2D eigenvalue weighted by atomic mass is 10.2. The van der Waals surface area contributed by atoms with Gasteiger partial charge in [0.1, 0.15) is 16.5 Å². The molecule has 2 aromatic carbocycles. The second-order valence-electron chi connectivity index (χ2n) is 6.19. The van der Waals surface area contributed by atoms with Crippen LogP contribution in [0.1, 0.15) is 29.8 Å². The first-order valence-electron chi connectivity index (χ1n) is 10.3. The number of benzene rings is 2. The Labute approximate surface area is 209 Å². The summed E-state index contributed by atoms with van der Waals surface area (Å²) in [5.74, 6) is 2.33. The molecule has 180 valence electrons. The fraction of sp³-hybridized carbons (Fsp3) is 0.364. The van der Waals surface area contributed by atoms with Crippen molar-refractivity contribution in [1.29, 1.82) is 0 Å². The molecule has 2 N–H and O–H groups in total. The van der Waals surface area contributed by atoms with Crippen LogP contribution in [0.15, 0.2) is 48.5 Å². The molecular weight excluding hydrogens is 501 g/mol. The minimum absolute atomic E-state index is 0.295. The number of carbonyl (C=O) groups is 1. The SMILES string of the molecule is CCOP(OCC)OCCSSCCOc1ccc(C(=O)Oc2ccc(C(N)=S)cc2)cc1. The van der Waals surface area contributed by atoms with E-state index in [0.717, 1.165) is 11.5 Å². The van der Waals surface area contributed by atoms with Gasteiger partial charge in [-0.05, 0) is 62.4 Å². The third kappa shape index (κ3) is 11.1. The minimum Gasteiger partial charge on any atom is -0.493 e. The summed E-state index contributed by atoms with van der Waals surface area (Å²) in [5.41, 5.74) is 6.72. The molecule has 0 bridgehead atoms. The maximum atomic E-state index is 12.3. The largest absolute Gasteiger partial charge is 0.493 e. The Bertz CT molecular complexity index is 848. The number of ether oxygens (including phenoxy) is 2. The molecule has 11 heteroatoms. The van der Waals surface area contributed by atoms with E-state index >= 15 is 0 Å². The molecule has 7 nitrogen and oxygen atoms in total. The summed E-state index contributed by atoms with van der Waals surface area (Å²) < 4.78 is 27.5. The Morgan fingerprint density at radius 3 is 1.97 bits per heavy atom. The topological polar surface area (TPSA) is 89.2 Å². The molecule has 0 spiro atoms. The van der Waals surface area contributed by atoms with Gasteiger partial charge in [0.2, 0.25) is 0 Å². The van der Waals surface area contributed by atoms with E-state index in [1.54, 1.807) is 70.1 Å². The molecule has 0 saturated carbocycles. The number of hydrogen-bond acceptors (Lipinski definition) is 9. The minimum atomic E-state index is -1.23. The van der Waals surface area contributed by atoms with Gasteiger partial charge in [-0.1, -0.05) is 33.8 Å². The molecule has 0 aliphatic rings.